The SMILES string of the molecule is CCCCCCCCCCCCCCCCCNCCNCCC[Si](OC)(OC)OC. The van der Waals surface area contributed by atoms with Gasteiger partial charge in [0.05, 0.1) is 0 Å². The summed E-state index contributed by atoms with van der Waals surface area (Å²) in [5.41, 5.74) is 0. The second kappa shape index (κ2) is 24.7. The minimum Gasteiger partial charge on any atom is -0.377 e. The lowest BCUT2D eigenvalue weighted by atomic mass is 10.0. The molecule has 0 atom stereocenters. The molecule has 0 saturated heterocycles. The molecule has 188 valence electrons. The first kappa shape index (κ1) is 31.0. The maximum atomic E-state index is 5.44. The van der Waals surface area contributed by atoms with Crippen molar-refractivity contribution < 1.29 is 13.3 Å². The molecule has 0 saturated carbocycles. The molecule has 0 unspecified atom stereocenters. The van der Waals surface area contributed by atoms with Crippen LogP contribution in [0.3, 0.4) is 0 Å². The van der Waals surface area contributed by atoms with Crippen molar-refractivity contribution in [3.05, 3.63) is 0 Å². The number of rotatable bonds is 26. The molecule has 0 aliphatic rings. The highest BCUT2D eigenvalue weighted by molar-refractivity contribution is 6.60. The summed E-state index contributed by atoms with van der Waals surface area (Å²) in [4.78, 5) is 0. The van der Waals surface area contributed by atoms with Crippen LogP contribution in [-0.4, -0.2) is 56.3 Å². The van der Waals surface area contributed by atoms with E-state index in [2.05, 4.69) is 17.6 Å². The van der Waals surface area contributed by atoms with Crippen LogP contribution in [0, 0.1) is 0 Å². The monoisotopic (exact) mass is 460 g/mol. The molecule has 2 N–H and O–H groups in total. The van der Waals surface area contributed by atoms with E-state index in [4.69, 9.17) is 13.3 Å². The van der Waals surface area contributed by atoms with Gasteiger partial charge in [-0.1, -0.05) is 96.8 Å². The highest BCUT2D eigenvalue weighted by Gasteiger charge is 2.36. The van der Waals surface area contributed by atoms with Crippen molar-refractivity contribution in [2.45, 2.75) is 116 Å². The Bertz CT molecular complexity index is 336. The first-order valence-electron chi connectivity index (χ1n) is 13.3. The summed E-state index contributed by atoms with van der Waals surface area (Å²) in [5, 5.41) is 7.02. The van der Waals surface area contributed by atoms with E-state index >= 15 is 0 Å². The maximum absolute atomic E-state index is 5.44. The molecule has 0 rings (SSSR count). The van der Waals surface area contributed by atoms with Crippen molar-refractivity contribution in [3.63, 3.8) is 0 Å². The van der Waals surface area contributed by atoms with Gasteiger partial charge in [-0.2, -0.15) is 0 Å². The van der Waals surface area contributed by atoms with Crippen molar-refractivity contribution in [2.75, 3.05) is 47.5 Å². The minimum atomic E-state index is -2.39. The van der Waals surface area contributed by atoms with Crippen LogP contribution in [0.1, 0.15) is 110 Å². The lowest BCUT2D eigenvalue weighted by Gasteiger charge is -2.24. The normalized spacial score (nSPS) is 12.0. The number of hydrogen-bond acceptors (Lipinski definition) is 5. The van der Waals surface area contributed by atoms with Crippen molar-refractivity contribution in [3.8, 4) is 0 Å². The highest BCUT2D eigenvalue weighted by atomic mass is 28.4. The highest BCUT2D eigenvalue weighted by Crippen LogP contribution is 2.14. The Morgan fingerprint density at radius 3 is 1.19 bits per heavy atom. The van der Waals surface area contributed by atoms with Crippen LogP contribution in [0.15, 0.2) is 0 Å². The molecule has 0 heterocycles. The molecule has 5 nitrogen and oxygen atoms in total. The van der Waals surface area contributed by atoms with Crippen LogP contribution in [0.5, 0.6) is 0 Å². The lowest BCUT2D eigenvalue weighted by Crippen LogP contribution is -2.43. The molecule has 0 aliphatic heterocycles. The summed E-state index contributed by atoms with van der Waals surface area (Å²) < 4.78 is 16.3. The van der Waals surface area contributed by atoms with Gasteiger partial charge in [0.25, 0.3) is 0 Å². The van der Waals surface area contributed by atoms with Crippen molar-refractivity contribution in [1.29, 1.82) is 0 Å². The molecule has 0 aliphatic carbocycles. The molecule has 0 bridgehead atoms. The van der Waals surface area contributed by atoms with Gasteiger partial charge in [-0.05, 0) is 25.9 Å². The van der Waals surface area contributed by atoms with Crippen molar-refractivity contribution in [2.24, 2.45) is 0 Å². The molecule has 0 aromatic carbocycles. The summed E-state index contributed by atoms with van der Waals surface area (Å²) in [6, 6.07) is 0.857. The van der Waals surface area contributed by atoms with E-state index in [1.807, 2.05) is 0 Å². The average Bonchev–Trinajstić information content (AvgIpc) is 2.80. The summed E-state index contributed by atoms with van der Waals surface area (Å²) in [5.74, 6) is 0. The zero-order valence-electron chi connectivity index (χ0n) is 21.6. The van der Waals surface area contributed by atoms with Crippen molar-refractivity contribution >= 4 is 8.80 Å². The topological polar surface area (TPSA) is 51.8 Å². The van der Waals surface area contributed by atoms with Crippen LogP contribution >= 0.6 is 0 Å². The molecule has 0 fully saturated rings. The van der Waals surface area contributed by atoms with E-state index in [0.29, 0.717) is 0 Å². The molecule has 0 aromatic heterocycles. The van der Waals surface area contributed by atoms with E-state index < -0.39 is 8.80 Å². The zero-order chi connectivity index (χ0) is 22.9. The summed E-state index contributed by atoms with van der Waals surface area (Å²) in [6.07, 6.45) is 22.4. The van der Waals surface area contributed by atoms with Crippen LogP contribution in [0.4, 0.5) is 0 Å². The Morgan fingerprint density at radius 2 is 0.806 bits per heavy atom. The van der Waals surface area contributed by atoms with Gasteiger partial charge in [0, 0.05) is 40.5 Å². The maximum Gasteiger partial charge on any atom is 0.500 e. The standard InChI is InChI=1S/C25H56N2O3Si/c1-5-6-7-8-9-10-11-12-13-14-15-16-17-18-19-21-26-23-24-27-22-20-25-31(28-2,29-3)30-4/h26-27H,5-25H2,1-4H3. The molecule has 6 heteroatoms. The second-order valence-corrected chi connectivity index (χ2v) is 11.9. The Balaban J connectivity index is 3.16. The fourth-order valence-corrected chi connectivity index (χ4v) is 5.76. The average molecular weight is 461 g/mol. The predicted molar refractivity (Wildman–Crippen MR) is 137 cm³/mol. The third kappa shape index (κ3) is 20.4. The largest absolute Gasteiger partial charge is 0.500 e. The molecule has 0 amide bonds. The van der Waals surface area contributed by atoms with Gasteiger partial charge in [-0.3, -0.25) is 0 Å². The zero-order valence-corrected chi connectivity index (χ0v) is 22.6. The van der Waals surface area contributed by atoms with Gasteiger partial charge in [-0.15, -0.1) is 0 Å². The van der Waals surface area contributed by atoms with Crippen LogP contribution in [0.25, 0.3) is 0 Å². The molecule has 0 radical (unpaired) electrons. The summed E-state index contributed by atoms with van der Waals surface area (Å²) in [7, 11) is 2.64. The predicted octanol–water partition coefficient (Wildman–Crippen LogP) is 6.31. The third-order valence-electron chi connectivity index (χ3n) is 6.21. The smallest absolute Gasteiger partial charge is 0.377 e. The second-order valence-electron chi connectivity index (χ2n) is 8.85. The van der Waals surface area contributed by atoms with Gasteiger partial charge in [-0.25, -0.2) is 0 Å². The molecule has 0 aromatic rings. The van der Waals surface area contributed by atoms with Gasteiger partial charge in [0.1, 0.15) is 0 Å². The summed E-state index contributed by atoms with van der Waals surface area (Å²) >= 11 is 0. The minimum absolute atomic E-state index is 0.857. The Labute approximate surface area is 196 Å². The quantitative estimate of drug-likeness (QED) is 0.117. The lowest BCUT2D eigenvalue weighted by molar-refractivity contribution is 0.123. The molecule has 0 spiro atoms. The summed E-state index contributed by atoms with van der Waals surface area (Å²) in [6.45, 7) is 6.47. The van der Waals surface area contributed by atoms with Gasteiger partial charge in [0.15, 0.2) is 0 Å². The third-order valence-corrected chi connectivity index (χ3v) is 9.04. The number of unbranched alkanes of at least 4 members (excludes halogenated alkanes) is 14. The van der Waals surface area contributed by atoms with E-state index in [-0.39, 0.29) is 0 Å². The van der Waals surface area contributed by atoms with E-state index in [9.17, 15) is 0 Å². The van der Waals surface area contributed by atoms with E-state index in [0.717, 1.165) is 38.6 Å². The Morgan fingerprint density at radius 1 is 0.452 bits per heavy atom. The van der Waals surface area contributed by atoms with Crippen LogP contribution < -0.4 is 10.6 Å². The van der Waals surface area contributed by atoms with Crippen molar-refractivity contribution in [1.82, 2.24) is 10.6 Å². The van der Waals surface area contributed by atoms with E-state index in [1.54, 1.807) is 21.3 Å². The van der Waals surface area contributed by atoms with Crippen LogP contribution in [-0.2, 0) is 13.3 Å². The first-order valence-corrected chi connectivity index (χ1v) is 15.2. The fraction of sp³-hybridized carbons (Fsp3) is 1.00. The van der Waals surface area contributed by atoms with Gasteiger partial charge >= 0.3 is 8.80 Å². The van der Waals surface area contributed by atoms with E-state index in [1.165, 1.54) is 96.3 Å². The Hall–Kier alpha value is 0.0169. The van der Waals surface area contributed by atoms with Gasteiger partial charge in [0.2, 0.25) is 0 Å². The molecule has 31 heavy (non-hydrogen) atoms. The number of hydrogen-bond donors (Lipinski definition) is 2. The molecular weight excluding hydrogens is 404 g/mol. The van der Waals surface area contributed by atoms with Gasteiger partial charge < -0.3 is 23.9 Å². The first-order chi connectivity index (χ1) is 15.2. The molecular formula is C25H56N2O3Si. The fourth-order valence-electron chi connectivity index (χ4n) is 4.03. The Kier molecular flexibility index (Phi) is 24.7. The van der Waals surface area contributed by atoms with Crippen LogP contribution in [0.2, 0.25) is 6.04 Å². The number of nitrogens with one attached hydrogen (secondary N) is 2.